The molecule has 2 aromatic carbocycles. The van der Waals surface area contributed by atoms with Crippen molar-refractivity contribution in [2.45, 2.75) is 66.7 Å². The van der Waals surface area contributed by atoms with Crippen molar-refractivity contribution in [2.24, 2.45) is 0 Å². The first kappa shape index (κ1) is 32.5. The number of ketones is 1. The molecule has 1 aromatic heterocycles. The second kappa shape index (κ2) is 13.1. The van der Waals surface area contributed by atoms with Crippen LogP contribution in [0, 0.1) is 20.8 Å². The van der Waals surface area contributed by atoms with Crippen molar-refractivity contribution in [3.05, 3.63) is 94.2 Å². The molecular formula is C34H40ClN5O4. The van der Waals surface area contributed by atoms with Crippen LogP contribution < -0.4 is 19.9 Å². The Balaban J connectivity index is 1.84. The van der Waals surface area contributed by atoms with Crippen LogP contribution in [0.15, 0.2) is 77.5 Å². The summed E-state index contributed by atoms with van der Waals surface area (Å²) in [5.41, 5.74) is 3.33. The fourth-order valence-electron chi connectivity index (χ4n) is 5.52. The quantitative estimate of drug-likeness (QED) is 0.303. The van der Waals surface area contributed by atoms with E-state index in [1.165, 1.54) is 6.92 Å². The van der Waals surface area contributed by atoms with E-state index in [0.29, 0.717) is 23.4 Å². The van der Waals surface area contributed by atoms with E-state index in [0.717, 1.165) is 28.9 Å². The number of aromatic nitrogens is 2. The molecule has 1 aliphatic rings. The number of hydrogen-bond donors (Lipinski definition) is 1. The average Bonchev–Trinajstić information content (AvgIpc) is 3.54. The van der Waals surface area contributed by atoms with Gasteiger partial charge in [0.1, 0.15) is 5.75 Å². The zero-order valence-electron chi connectivity index (χ0n) is 26.6. The molecule has 0 radical (unpaired) electrons. The highest BCUT2D eigenvalue weighted by Gasteiger charge is 2.47. The minimum absolute atomic E-state index is 0.0618. The molecule has 10 heteroatoms. The van der Waals surface area contributed by atoms with Crippen LogP contribution in [0.5, 0.6) is 5.75 Å². The molecule has 232 valence electrons. The van der Waals surface area contributed by atoms with Gasteiger partial charge in [-0.25, -0.2) is 4.98 Å². The Kier molecular flexibility index (Phi) is 9.69. The first-order chi connectivity index (χ1) is 20.8. The monoisotopic (exact) mass is 617 g/mol. The fraction of sp³-hybridized carbons (Fsp3) is 0.353. The Bertz CT molecular complexity index is 1640. The summed E-state index contributed by atoms with van der Waals surface area (Å²) in [7, 11) is 1.99. The van der Waals surface area contributed by atoms with Crippen molar-refractivity contribution in [1.82, 2.24) is 14.9 Å². The molecule has 2 unspecified atom stereocenters. The molecule has 1 heterocycles. The van der Waals surface area contributed by atoms with Gasteiger partial charge in [-0.3, -0.25) is 19.3 Å². The second-order valence-electron chi connectivity index (χ2n) is 11.1. The lowest BCUT2D eigenvalue weighted by Crippen LogP contribution is -2.56. The van der Waals surface area contributed by atoms with Crippen molar-refractivity contribution >= 4 is 40.6 Å². The predicted molar refractivity (Wildman–Crippen MR) is 174 cm³/mol. The topological polar surface area (TPSA) is 96.8 Å². The van der Waals surface area contributed by atoms with Gasteiger partial charge >= 0.3 is 0 Å². The Morgan fingerprint density at radius 1 is 1.09 bits per heavy atom. The minimum atomic E-state index is -1.44. The lowest BCUT2D eigenvalue weighted by Gasteiger charge is -2.46. The van der Waals surface area contributed by atoms with E-state index in [1.54, 1.807) is 41.2 Å². The zero-order valence-corrected chi connectivity index (χ0v) is 27.3. The summed E-state index contributed by atoms with van der Waals surface area (Å²) < 4.78 is 7.80. The Labute approximate surface area is 264 Å². The SMILES string of the molecule is CCC(Oc1ccc(C)cc1C)C(=O)NC1=CC(N(C(C)=O)c2ccc(N(C)CC)cc2C)(n2ccnc2)C(C)=C(Cl)C1=O. The van der Waals surface area contributed by atoms with Crippen molar-refractivity contribution in [3.8, 4) is 5.75 Å². The number of nitrogens with one attached hydrogen (secondary N) is 1. The first-order valence-corrected chi connectivity index (χ1v) is 15.0. The highest BCUT2D eigenvalue weighted by atomic mass is 35.5. The molecule has 4 rings (SSSR count). The van der Waals surface area contributed by atoms with Crippen molar-refractivity contribution in [1.29, 1.82) is 0 Å². The highest BCUT2D eigenvalue weighted by molar-refractivity contribution is 6.46. The Morgan fingerprint density at radius 2 is 1.82 bits per heavy atom. The van der Waals surface area contributed by atoms with Gasteiger partial charge in [0.15, 0.2) is 11.8 Å². The predicted octanol–water partition coefficient (Wildman–Crippen LogP) is 5.92. The number of ether oxygens (including phenoxy) is 1. The number of rotatable bonds is 10. The molecule has 0 saturated heterocycles. The van der Waals surface area contributed by atoms with E-state index in [9.17, 15) is 14.4 Å². The van der Waals surface area contributed by atoms with E-state index < -0.39 is 23.5 Å². The first-order valence-electron chi connectivity index (χ1n) is 14.7. The third-order valence-corrected chi connectivity index (χ3v) is 8.54. The average molecular weight is 618 g/mol. The number of carbonyl (C=O) groups is 3. The van der Waals surface area contributed by atoms with Gasteiger partial charge in [-0.1, -0.05) is 36.2 Å². The molecule has 0 aliphatic heterocycles. The van der Waals surface area contributed by atoms with E-state index in [2.05, 4.69) is 22.1 Å². The largest absolute Gasteiger partial charge is 0.480 e. The van der Waals surface area contributed by atoms with Crippen LogP contribution >= 0.6 is 11.6 Å². The summed E-state index contributed by atoms with van der Waals surface area (Å²) in [5, 5.41) is 2.68. The maximum Gasteiger partial charge on any atom is 0.265 e. The summed E-state index contributed by atoms with van der Waals surface area (Å²) in [6, 6.07) is 11.6. The molecule has 3 aromatic rings. The van der Waals surface area contributed by atoms with Crippen LogP contribution in [0.25, 0.3) is 0 Å². The molecule has 0 fully saturated rings. The van der Waals surface area contributed by atoms with Gasteiger partial charge in [-0.2, -0.15) is 0 Å². The van der Waals surface area contributed by atoms with E-state index in [1.807, 2.05) is 71.1 Å². The number of nitrogens with zero attached hydrogens (tertiary/aromatic N) is 4. The van der Waals surface area contributed by atoms with Crippen LogP contribution in [0.2, 0.25) is 0 Å². The van der Waals surface area contributed by atoms with Crippen LogP contribution in [0.4, 0.5) is 11.4 Å². The molecule has 2 amide bonds. The van der Waals surface area contributed by atoms with Gasteiger partial charge in [0.25, 0.3) is 5.91 Å². The molecule has 0 spiro atoms. The molecule has 44 heavy (non-hydrogen) atoms. The summed E-state index contributed by atoms with van der Waals surface area (Å²) in [4.78, 5) is 48.8. The summed E-state index contributed by atoms with van der Waals surface area (Å²) in [6.45, 7) is 13.7. The maximum atomic E-state index is 13.6. The van der Waals surface area contributed by atoms with E-state index >= 15 is 0 Å². The van der Waals surface area contributed by atoms with Gasteiger partial charge in [-0.05, 0) is 82.5 Å². The molecule has 1 N–H and O–H groups in total. The molecular weight excluding hydrogens is 578 g/mol. The lowest BCUT2D eigenvalue weighted by molar-refractivity contribution is -0.128. The maximum absolute atomic E-state index is 13.6. The van der Waals surface area contributed by atoms with Crippen LogP contribution in [-0.4, -0.2) is 46.8 Å². The van der Waals surface area contributed by atoms with Gasteiger partial charge in [0, 0.05) is 49.9 Å². The van der Waals surface area contributed by atoms with Crippen LogP contribution in [0.3, 0.4) is 0 Å². The number of anilines is 2. The number of Topliss-reactive ketones (excluding diaryl/α,β-unsaturated/α-hetero) is 1. The number of imidazole rings is 1. The summed E-state index contributed by atoms with van der Waals surface area (Å²) >= 11 is 6.77. The van der Waals surface area contributed by atoms with Gasteiger partial charge in [0.2, 0.25) is 11.7 Å². The third kappa shape index (κ3) is 6.01. The van der Waals surface area contributed by atoms with Crippen molar-refractivity contribution < 1.29 is 19.1 Å². The summed E-state index contributed by atoms with van der Waals surface area (Å²) in [5.74, 6) is -0.788. The third-order valence-electron chi connectivity index (χ3n) is 8.08. The molecule has 9 nitrogen and oxygen atoms in total. The number of hydrogen-bond acceptors (Lipinski definition) is 6. The van der Waals surface area contributed by atoms with E-state index in [-0.39, 0.29) is 16.6 Å². The standard InChI is InChI=1S/C34H40ClN5O4/c1-9-29(44-30-14-11-21(3)17-23(30)5)33(43)37-27-19-34(39-16-15-36-20-39,24(6)31(35)32(27)42)40(25(7)41)28-13-12-26(18-22(28)4)38(8)10-2/h11-20,29H,9-10H2,1-8H3,(H,37,43). The Morgan fingerprint density at radius 3 is 2.39 bits per heavy atom. The number of aryl methyl sites for hydroxylation is 3. The molecule has 1 aliphatic carbocycles. The molecule has 0 bridgehead atoms. The number of allylic oxidation sites excluding steroid dienone is 1. The van der Waals surface area contributed by atoms with Gasteiger partial charge < -0.3 is 19.5 Å². The summed E-state index contributed by atoms with van der Waals surface area (Å²) in [6.07, 6.45) is 5.89. The Hall–Kier alpha value is -4.37. The number of carbonyl (C=O) groups excluding carboxylic acids is 3. The van der Waals surface area contributed by atoms with Crippen LogP contribution in [-0.2, 0) is 20.0 Å². The van der Waals surface area contributed by atoms with Gasteiger partial charge in [-0.15, -0.1) is 0 Å². The molecule has 2 atom stereocenters. The minimum Gasteiger partial charge on any atom is -0.480 e. The highest BCUT2D eigenvalue weighted by Crippen LogP contribution is 2.44. The fourth-order valence-corrected chi connectivity index (χ4v) is 5.76. The number of benzene rings is 2. The van der Waals surface area contributed by atoms with Gasteiger partial charge in [0.05, 0.1) is 17.1 Å². The van der Waals surface area contributed by atoms with E-state index in [4.69, 9.17) is 16.3 Å². The number of amides is 2. The van der Waals surface area contributed by atoms with Crippen molar-refractivity contribution in [2.75, 3.05) is 23.4 Å². The smallest absolute Gasteiger partial charge is 0.265 e. The van der Waals surface area contributed by atoms with Crippen LogP contribution in [0.1, 0.15) is 50.8 Å². The molecule has 0 saturated carbocycles. The normalized spacial score (nSPS) is 17.2. The number of halogens is 1. The second-order valence-corrected chi connectivity index (χ2v) is 11.5. The lowest BCUT2D eigenvalue weighted by atomic mass is 9.88. The zero-order chi connectivity index (χ0) is 32.3. The van der Waals surface area contributed by atoms with Crippen molar-refractivity contribution in [3.63, 3.8) is 0 Å².